The number of nitrogens with zero attached hydrogens (tertiary/aromatic N) is 1. The average molecular weight is 309 g/mol. The second-order valence-corrected chi connectivity index (χ2v) is 4.42. The van der Waals surface area contributed by atoms with Gasteiger partial charge in [-0.25, -0.2) is 0 Å². The predicted octanol–water partition coefficient (Wildman–Crippen LogP) is 3.11. The van der Waals surface area contributed by atoms with E-state index in [1.807, 2.05) is 18.2 Å². The molecule has 0 fully saturated rings. The number of ether oxygens (including phenoxy) is 2. The molecule has 0 radical (unpaired) electrons. The molecule has 0 bridgehead atoms. The van der Waals surface area contributed by atoms with E-state index in [1.165, 1.54) is 0 Å². The maximum Gasteiger partial charge on any atom is 0.144 e. The van der Waals surface area contributed by atoms with E-state index in [2.05, 4.69) is 20.9 Å². The molecule has 0 saturated heterocycles. The van der Waals surface area contributed by atoms with Crippen molar-refractivity contribution in [3.05, 3.63) is 35.1 Å². The van der Waals surface area contributed by atoms with Crippen molar-refractivity contribution in [2.24, 2.45) is 0 Å². The second-order valence-electron chi connectivity index (χ2n) is 3.63. The summed E-state index contributed by atoms with van der Waals surface area (Å²) in [4.78, 5) is 3.98. The van der Waals surface area contributed by atoms with Gasteiger partial charge in [-0.1, -0.05) is 0 Å². The maximum atomic E-state index is 5.93. The van der Waals surface area contributed by atoms with Crippen molar-refractivity contribution < 1.29 is 9.47 Å². The Morgan fingerprint density at radius 3 is 2.50 bits per heavy atom. The van der Waals surface area contributed by atoms with Crippen molar-refractivity contribution >= 4 is 21.6 Å². The molecule has 1 aromatic heterocycles. The van der Waals surface area contributed by atoms with Gasteiger partial charge in [-0.05, 0) is 34.1 Å². The summed E-state index contributed by atoms with van der Waals surface area (Å²) >= 11 is 3.47. The van der Waals surface area contributed by atoms with Crippen LogP contribution in [0.1, 0.15) is 0 Å². The van der Waals surface area contributed by atoms with E-state index < -0.39 is 0 Å². The van der Waals surface area contributed by atoms with Gasteiger partial charge in [-0.15, -0.1) is 0 Å². The monoisotopic (exact) mass is 308 g/mol. The van der Waals surface area contributed by atoms with Crippen LogP contribution in [0.15, 0.2) is 35.1 Å². The van der Waals surface area contributed by atoms with E-state index >= 15 is 0 Å². The summed E-state index contributed by atoms with van der Waals surface area (Å²) in [6.07, 6.45) is 3.32. The fraction of sp³-hybridized carbons (Fsp3) is 0.154. The fourth-order valence-corrected chi connectivity index (χ4v) is 2.43. The zero-order valence-electron chi connectivity index (χ0n) is 10.1. The Labute approximate surface area is 114 Å². The third-order valence-electron chi connectivity index (χ3n) is 2.63. The van der Waals surface area contributed by atoms with E-state index in [9.17, 15) is 0 Å². The van der Waals surface area contributed by atoms with Gasteiger partial charge in [0.05, 0.1) is 26.1 Å². The van der Waals surface area contributed by atoms with Gasteiger partial charge in [0.2, 0.25) is 0 Å². The van der Waals surface area contributed by atoms with Gasteiger partial charge in [0.25, 0.3) is 0 Å². The quantitative estimate of drug-likeness (QED) is 0.946. The number of benzene rings is 1. The molecule has 0 aliphatic rings. The van der Waals surface area contributed by atoms with E-state index in [-0.39, 0.29) is 0 Å². The molecule has 1 heterocycles. The van der Waals surface area contributed by atoms with Gasteiger partial charge in [0, 0.05) is 17.3 Å². The van der Waals surface area contributed by atoms with Crippen LogP contribution in [0.2, 0.25) is 0 Å². The molecule has 0 unspecified atom stereocenters. The molecule has 2 aromatic rings. The number of rotatable bonds is 3. The summed E-state index contributed by atoms with van der Waals surface area (Å²) in [5.41, 5.74) is 8.31. The Morgan fingerprint density at radius 1 is 1.11 bits per heavy atom. The molecule has 0 aliphatic carbocycles. The molecule has 2 N–H and O–H groups in total. The van der Waals surface area contributed by atoms with Gasteiger partial charge in [0.1, 0.15) is 16.0 Å². The van der Waals surface area contributed by atoms with Crippen LogP contribution >= 0.6 is 15.9 Å². The molecule has 18 heavy (non-hydrogen) atoms. The summed E-state index contributed by atoms with van der Waals surface area (Å²) in [5, 5.41) is 0. The highest BCUT2D eigenvalue weighted by Gasteiger charge is 2.15. The third kappa shape index (κ3) is 2.13. The van der Waals surface area contributed by atoms with E-state index in [1.54, 1.807) is 26.6 Å². The summed E-state index contributed by atoms with van der Waals surface area (Å²) in [7, 11) is 3.22. The predicted molar refractivity (Wildman–Crippen MR) is 74.9 cm³/mol. The summed E-state index contributed by atoms with van der Waals surface area (Å²) in [5.74, 6) is 1.40. The smallest absolute Gasteiger partial charge is 0.144 e. The topological polar surface area (TPSA) is 57.4 Å². The van der Waals surface area contributed by atoms with Crippen molar-refractivity contribution in [3.8, 4) is 22.6 Å². The zero-order valence-corrected chi connectivity index (χ0v) is 11.7. The molecule has 1 aromatic carbocycles. The highest BCUT2D eigenvalue weighted by atomic mass is 79.9. The van der Waals surface area contributed by atoms with Crippen LogP contribution in [0, 0.1) is 0 Å². The Kier molecular flexibility index (Phi) is 3.72. The van der Waals surface area contributed by atoms with Crippen molar-refractivity contribution in [3.63, 3.8) is 0 Å². The first-order chi connectivity index (χ1) is 8.69. The second kappa shape index (κ2) is 5.27. The number of halogens is 1. The van der Waals surface area contributed by atoms with Gasteiger partial charge >= 0.3 is 0 Å². The first kappa shape index (κ1) is 12.7. The number of nitrogen functional groups attached to an aromatic ring is 1. The molecule has 0 atom stereocenters. The van der Waals surface area contributed by atoms with Crippen molar-refractivity contribution in [2.45, 2.75) is 0 Å². The van der Waals surface area contributed by atoms with Gasteiger partial charge in [-0.3, -0.25) is 4.98 Å². The maximum absolute atomic E-state index is 5.93. The van der Waals surface area contributed by atoms with Gasteiger partial charge in [-0.2, -0.15) is 0 Å². The number of anilines is 1. The Bertz CT molecular complexity index is 573. The highest BCUT2D eigenvalue weighted by molar-refractivity contribution is 9.10. The van der Waals surface area contributed by atoms with Crippen LogP contribution in [0.3, 0.4) is 0 Å². The normalized spacial score (nSPS) is 10.2. The Hall–Kier alpha value is -1.75. The first-order valence-electron chi connectivity index (χ1n) is 5.29. The van der Waals surface area contributed by atoms with E-state index in [4.69, 9.17) is 15.2 Å². The molecular weight excluding hydrogens is 296 g/mol. The molecule has 4 nitrogen and oxygen atoms in total. The van der Waals surface area contributed by atoms with Crippen LogP contribution in [0.4, 0.5) is 5.69 Å². The largest absolute Gasteiger partial charge is 0.495 e. The number of aromatic nitrogens is 1. The fourth-order valence-electron chi connectivity index (χ4n) is 1.76. The molecule has 0 amide bonds. The molecule has 5 heteroatoms. The van der Waals surface area contributed by atoms with Crippen LogP contribution in [-0.2, 0) is 0 Å². The Balaban J connectivity index is 2.66. The SMILES string of the molecule is COc1ccc(-c2ccncc2N)c(OC)c1Br. The number of hydrogen-bond acceptors (Lipinski definition) is 4. The lowest BCUT2D eigenvalue weighted by Gasteiger charge is -2.14. The lowest BCUT2D eigenvalue weighted by Crippen LogP contribution is -1.96. The minimum Gasteiger partial charge on any atom is -0.495 e. The Morgan fingerprint density at radius 2 is 1.89 bits per heavy atom. The molecule has 2 rings (SSSR count). The van der Waals surface area contributed by atoms with Crippen molar-refractivity contribution in [2.75, 3.05) is 20.0 Å². The lowest BCUT2D eigenvalue weighted by atomic mass is 10.0. The van der Waals surface area contributed by atoms with Crippen LogP contribution in [0.5, 0.6) is 11.5 Å². The number of nitrogens with two attached hydrogens (primary N) is 1. The summed E-state index contributed by atoms with van der Waals surface area (Å²) < 4.78 is 11.4. The number of methoxy groups -OCH3 is 2. The molecular formula is C13H13BrN2O2. The van der Waals surface area contributed by atoms with Crippen LogP contribution < -0.4 is 15.2 Å². The number of hydrogen-bond donors (Lipinski definition) is 1. The minimum atomic E-state index is 0.605. The highest BCUT2D eigenvalue weighted by Crippen LogP contribution is 2.43. The third-order valence-corrected chi connectivity index (χ3v) is 3.38. The minimum absolute atomic E-state index is 0.605. The van der Waals surface area contributed by atoms with E-state index in [0.29, 0.717) is 17.2 Å². The standard InChI is InChI=1S/C13H13BrN2O2/c1-17-11-4-3-9(13(18-2)12(11)14)8-5-6-16-7-10(8)15/h3-7H,15H2,1-2H3. The molecule has 0 spiro atoms. The van der Waals surface area contributed by atoms with Gasteiger partial charge < -0.3 is 15.2 Å². The molecule has 0 saturated carbocycles. The van der Waals surface area contributed by atoms with Crippen molar-refractivity contribution in [1.82, 2.24) is 4.98 Å². The average Bonchev–Trinajstić information content (AvgIpc) is 2.39. The first-order valence-corrected chi connectivity index (χ1v) is 6.08. The summed E-state index contributed by atoms with van der Waals surface area (Å²) in [6.45, 7) is 0. The summed E-state index contributed by atoms with van der Waals surface area (Å²) in [6, 6.07) is 5.63. The zero-order chi connectivity index (χ0) is 13.1. The van der Waals surface area contributed by atoms with E-state index in [0.717, 1.165) is 15.6 Å². The van der Waals surface area contributed by atoms with Gasteiger partial charge in [0.15, 0.2) is 0 Å². The number of pyridine rings is 1. The lowest BCUT2D eigenvalue weighted by molar-refractivity contribution is 0.390. The molecule has 0 aliphatic heterocycles. The molecule has 94 valence electrons. The van der Waals surface area contributed by atoms with Crippen molar-refractivity contribution in [1.29, 1.82) is 0 Å². The van der Waals surface area contributed by atoms with Crippen LogP contribution in [0.25, 0.3) is 11.1 Å². The van der Waals surface area contributed by atoms with Crippen LogP contribution in [-0.4, -0.2) is 19.2 Å².